The Labute approximate surface area is 210 Å². The molecular weight excluding hydrogens is 483 g/mol. The fourth-order valence-electron chi connectivity index (χ4n) is 4.18. The Balaban J connectivity index is 1.26. The molecule has 1 aliphatic rings. The molecule has 1 aromatic heterocycles. The number of rotatable bonds is 5. The quantitative estimate of drug-likeness (QED) is 0.319. The van der Waals surface area contributed by atoms with Gasteiger partial charge in [0.15, 0.2) is 5.78 Å². The number of nitrogens with one attached hydrogen (secondary N) is 2. The number of nitrogens with zero attached hydrogens (tertiary/aromatic N) is 3. The Morgan fingerprint density at radius 2 is 1.51 bits per heavy atom. The predicted octanol–water partition coefficient (Wildman–Crippen LogP) is 6.12. The lowest BCUT2D eigenvalue weighted by Crippen LogP contribution is -2.20. The van der Waals surface area contributed by atoms with Crippen LogP contribution in [0.15, 0.2) is 72.9 Å². The first-order valence-corrected chi connectivity index (χ1v) is 11.7. The lowest BCUT2D eigenvalue weighted by Gasteiger charge is -2.16. The van der Waals surface area contributed by atoms with E-state index >= 15 is 0 Å². The molecule has 0 radical (unpaired) electrons. The van der Waals surface area contributed by atoms with Crippen LogP contribution >= 0.6 is 0 Å². The fourth-order valence-corrected chi connectivity index (χ4v) is 4.18. The molecule has 3 aromatic carbocycles. The van der Waals surface area contributed by atoms with E-state index in [-0.39, 0.29) is 11.5 Å². The number of hydrogen-bond donors (Lipinski definition) is 2. The van der Waals surface area contributed by atoms with Gasteiger partial charge >= 0.3 is 12.2 Å². The Morgan fingerprint density at radius 1 is 0.811 bits per heavy atom. The normalized spacial score (nSPS) is 13.5. The van der Waals surface area contributed by atoms with Crippen LogP contribution in [0.3, 0.4) is 0 Å². The third-order valence-electron chi connectivity index (χ3n) is 6.07. The third kappa shape index (κ3) is 5.53. The standard InChI is InChI=1S/C27H22F3N5O2/c28-27(29,30)19-4-3-5-21(15-19)33-26(37)32-20-9-6-17(7-10-20)25(36)18-8-11-22-23(14-18)34-24(16-31-22)35-12-1-2-13-35/h3-11,14-16H,1-2,12-13H2,(H2,32,33,37). The number of ketones is 1. The molecule has 0 spiro atoms. The van der Waals surface area contributed by atoms with Crippen molar-refractivity contribution in [3.63, 3.8) is 0 Å². The van der Waals surface area contributed by atoms with Gasteiger partial charge in [0.1, 0.15) is 5.82 Å². The number of urea groups is 1. The van der Waals surface area contributed by atoms with Crippen molar-refractivity contribution in [3.8, 4) is 0 Å². The summed E-state index contributed by atoms with van der Waals surface area (Å²) in [5, 5.41) is 4.92. The van der Waals surface area contributed by atoms with Crippen molar-refractivity contribution in [3.05, 3.63) is 89.6 Å². The minimum Gasteiger partial charge on any atom is -0.355 e. The SMILES string of the molecule is O=C(Nc1ccc(C(=O)c2ccc3ncc(N4CCCC4)nc3c2)cc1)Nc1cccc(C(F)(F)F)c1. The summed E-state index contributed by atoms with van der Waals surface area (Å²) >= 11 is 0. The molecule has 188 valence electrons. The van der Waals surface area contributed by atoms with Crippen LogP contribution in [0, 0.1) is 0 Å². The van der Waals surface area contributed by atoms with E-state index in [1.165, 1.54) is 12.1 Å². The molecule has 0 aliphatic carbocycles. The van der Waals surface area contributed by atoms with Crippen LogP contribution < -0.4 is 15.5 Å². The van der Waals surface area contributed by atoms with Crippen LogP contribution in [-0.2, 0) is 6.18 Å². The molecule has 1 saturated heterocycles. The summed E-state index contributed by atoms with van der Waals surface area (Å²) in [6.45, 7) is 1.88. The largest absolute Gasteiger partial charge is 0.416 e. The third-order valence-corrected chi connectivity index (χ3v) is 6.07. The highest BCUT2D eigenvalue weighted by Gasteiger charge is 2.30. The monoisotopic (exact) mass is 505 g/mol. The van der Waals surface area contributed by atoms with Gasteiger partial charge in [-0.15, -0.1) is 0 Å². The molecule has 5 rings (SSSR count). The molecule has 2 amide bonds. The number of carbonyl (C=O) groups is 2. The van der Waals surface area contributed by atoms with E-state index < -0.39 is 17.8 Å². The molecule has 1 aliphatic heterocycles. The summed E-state index contributed by atoms with van der Waals surface area (Å²) in [5.74, 6) is 0.587. The molecular formula is C27H22F3N5O2. The van der Waals surface area contributed by atoms with E-state index in [0.717, 1.165) is 43.9 Å². The van der Waals surface area contributed by atoms with Crippen molar-refractivity contribution in [2.24, 2.45) is 0 Å². The van der Waals surface area contributed by atoms with Gasteiger partial charge in [0.25, 0.3) is 0 Å². The zero-order valence-corrected chi connectivity index (χ0v) is 19.5. The first kappa shape index (κ1) is 24.2. The number of aromatic nitrogens is 2. The fraction of sp³-hybridized carbons (Fsp3) is 0.185. The highest BCUT2D eigenvalue weighted by atomic mass is 19.4. The maximum absolute atomic E-state index is 13.1. The first-order chi connectivity index (χ1) is 17.8. The smallest absolute Gasteiger partial charge is 0.355 e. The minimum absolute atomic E-state index is 0.00594. The Morgan fingerprint density at radius 3 is 2.24 bits per heavy atom. The maximum atomic E-state index is 13.1. The second kappa shape index (κ2) is 9.88. The van der Waals surface area contributed by atoms with Crippen LogP contribution in [-0.4, -0.2) is 34.9 Å². The van der Waals surface area contributed by atoms with Gasteiger partial charge in [-0.1, -0.05) is 6.07 Å². The zero-order chi connectivity index (χ0) is 26.0. The molecule has 7 nitrogen and oxygen atoms in total. The number of carbonyl (C=O) groups excluding carboxylic acids is 2. The van der Waals surface area contributed by atoms with Crippen molar-refractivity contribution >= 4 is 40.0 Å². The minimum atomic E-state index is -4.51. The molecule has 0 unspecified atom stereocenters. The molecule has 10 heteroatoms. The van der Waals surface area contributed by atoms with Gasteiger partial charge in [-0.25, -0.2) is 9.78 Å². The Bertz CT molecular complexity index is 1470. The van der Waals surface area contributed by atoms with Gasteiger partial charge in [0.2, 0.25) is 0 Å². The van der Waals surface area contributed by atoms with E-state index in [1.54, 1.807) is 48.7 Å². The number of benzene rings is 3. The Hall–Kier alpha value is -4.47. The van der Waals surface area contributed by atoms with E-state index in [1.807, 2.05) is 0 Å². The molecule has 0 atom stereocenters. The summed E-state index contributed by atoms with van der Waals surface area (Å²) in [6.07, 6.45) is -0.514. The number of alkyl halides is 3. The van der Waals surface area contributed by atoms with Crippen LogP contribution in [0.1, 0.15) is 34.3 Å². The highest BCUT2D eigenvalue weighted by molar-refractivity contribution is 6.10. The molecule has 2 N–H and O–H groups in total. The van der Waals surface area contributed by atoms with Gasteiger partial charge in [-0.05, 0) is 73.5 Å². The summed E-state index contributed by atoms with van der Waals surface area (Å²) in [4.78, 5) is 36.6. The van der Waals surface area contributed by atoms with E-state index in [0.29, 0.717) is 27.8 Å². The molecule has 2 heterocycles. The predicted molar refractivity (Wildman–Crippen MR) is 135 cm³/mol. The molecule has 37 heavy (non-hydrogen) atoms. The molecule has 0 bridgehead atoms. The first-order valence-electron chi connectivity index (χ1n) is 11.7. The van der Waals surface area contributed by atoms with Gasteiger partial charge in [0.05, 0.1) is 22.8 Å². The number of fused-ring (bicyclic) bond motifs is 1. The summed E-state index contributed by atoms with van der Waals surface area (Å²) in [5.41, 5.74) is 1.73. The van der Waals surface area contributed by atoms with E-state index in [2.05, 4.69) is 25.5 Å². The molecule has 0 saturated carbocycles. The topological polar surface area (TPSA) is 87.2 Å². The lowest BCUT2D eigenvalue weighted by atomic mass is 10.0. The number of anilines is 3. The van der Waals surface area contributed by atoms with Gasteiger partial charge in [0, 0.05) is 35.6 Å². The summed E-state index contributed by atoms with van der Waals surface area (Å²) < 4.78 is 38.6. The number of hydrogen-bond acceptors (Lipinski definition) is 5. The van der Waals surface area contributed by atoms with E-state index in [9.17, 15) is 22.8 Å². The van der Waals surface area contributed by atoms with Crippen molar-refractivity contribution in [1.29, 1.82) is 0 Å². The molecule has 1 fully saturated rings. The van der Waals surface area contributed by atoms with Crippen LogP contribution in [0.2, 0.25) is 0 Å². The van der Waals surface area contributed by atoms with Crippen LogP contribution in [0.5, 0.6) is 0 Å². The number of amides is 2. The summed E-state index contributed by atoms with van der Waals surface area (Å²) in [6, 6.07) is 15.0. The lowest BCUT2D eigenvalue weighted by molar-refractivity contribution is -0.137. The summed E-state index contributed by atoms with van der Waals surface area (Å²) in [7, 11) is 0. The highest BCUT2D eigenvalue weighted by Crippen LogP contribution is 2.30. The average Bonchev–Trinajstić information content (AvgIpc) is 3.43. The van der Waals surface area contributed by atoms with Crippen molar-refractivity contribution in [1.82, 2.24) is 9.97 Å². The molecule has 4 aromatic rings. The van der Waals surface area contributed by atoms with Crippen molar-refractivity contribution in [2.45, 2.75) is 19.0 Å². The van der Waals surface area contributed by atoms with Crippen LogP contribution in [0.4, 0.5) is 35.2 Å². The second-order valence-corrected chi connectivity index (χ2v) is 8.69. The van der Waals surface area contributed by atoms with E-state index in [4.69, 9.17) is 0 Å². The number of halogens is 3. The van der Waals surface area contributed by atoms with Gasteiger partial charge in [-0.3, -0.25) is 9.78 Å². The average molecular weight is 506 g/mol. The zero-order valence-electron chi connectivity index (χ0n) is 19.5. The van der Waals surface area contributed by atoms with Crippen LogP contribution in [0.25, 0.3) is 11.0 Å². The van der Waals surface area contributed by atoms with Crippen molar-refractivity contribution < 1.29 is 22.8 Å². The Kier molecular flexibility index (Phi) is 6.47. The second-order valence-electron chi connectivity index (χ2n) is 8.69. The van der Waals surface area contributed by atoms with Gasteiger partial charge in [-0.2, -0.15) is 13.2 Å². The van der Waals surface area contributed by atoms with Crippen molar-refractivity contribution in [2.75, 3.05) is 28.6 Å². The maximum Gasteiger partial charge on any atom is 0.416 e. The van der Waals surface area contributed by atoms with Gasteiger partial charge < -0.3 is 15.5 Å².